The largest absolute Gasteiger partial charge is 0.496 e. The van der Waals surface area contributed by atoms with Crippen LogP contribution in [0.15, 0.2) is 48.5 Å². The van der Waals surface area contributed by atoms with E-state index in [0.717, 1.165) is 16.6 Å². The number of nitrogens with zero attached hydrogens (tertiary/aromatic N) is 2. The lowest BCUT2D eigenvalue weighted by Crippen LogP contribution is -2.43. The monoisotopic (exact) mass is 352 g/mol. The van der Waals surface area contributed by atoms with E-state index in [2.05, 4.69) is 15.8 Å². The van der Waals surface area contributed by atoms with Crippen LogP contribution in [0.4, 0.5) is 0 Å². The first kappa shape index (κ1) is 17.5. The van der Waals surface area contributed by atoms with E-state index in [1.807, 2.05) is 48.0 Å². The lowest BCUT2D eigenvalue weighted by Gasteiger charge is -2.10. The van der Waals surface area contributed by atoms with Crippen LogP contribution in [0.1, 0.15) is 11.4 Å². The number of para-hydroxylation sites is 3. The molecular formula is C19H20N4O3. The Morgan fingerprint density at radius 3 is 2.38 bits per heavy atom. The van der Waals surface area contributed by atoms with Crippen LogP contribution in [0.25, 0.3) is 11.0 Å². The minimum atomic E-state index is -0.336. The summed E-state index contributed by atoms with van der Waals surface area (Å²) < 4.78 is 7.08. The molecule has 3 aromatic rings. The summed E-state index contributed by atoms with van der Waals surface area (Å²) in [5.41, 5.74) is 7.39. The third kappa shape index (κ3) is 3.83. The summed E-state index contributed by atoms with van der Waals surface area (Å²) in [5, 5.41) is 0. The molecular weight excluding hydrogens is 332 g/mol. The van der Waals surface area contributed by atoms with E-state index in [-0.39, 0.29) is 24.7 Å². The first-order chi connectivity index (χ1) is 12.6. The predicted molar refractivity (Wildman–Crippen MR) is 97.4 cm³/mol. The number of imidazole rings is 1. The van der Waals surface area contributed by atoms with Gasteiger partial charge in [-0.3, -0.25) is 20.4 Å². The first-order valence-corrected chi connectivity index (χ1v) is 8.18. The van der Waals surface area contributed by atoms with Crippen molar-refractivity contribution in [3.05, 3.63) is 59.9 Å². The average molecular weight is 352 g/mol. The molecule has 0 aliphatic carbocycles. The lowest BCUT2D eigenvalue weighted by molar-refractivity contribution is -0.128. The Balaban J connectivity index is 1.56. The van der Waals surface area contributed by atoms with Crippen LogP contribution in [-0.4, -0.2) is 28.5 Å². The minimum Gasteiger partial charge on any atom is -0.496 e. The zero-order valence-electron chi connectivity index (χ0n) is 14.7. The number of amides is 2. The van der Waals surface area contributed by atoms with Gasteiger partial charge in [0.1, 0.15) is 11.6 Å². The van der Waals surface area contributed by atoms with Gasteiger partial charge in [-0.1, -0.05) is 30.3 Å². The normalized spacial score (nSPS) is 10.5. The predicted octanol–water partition coefficient (Wildman–Crippen LogP) is 1.51. The number of hydrazine groups is 1. The quantitative estimate of drug-likeness (QED) is 0.682. The summed E-state index contributed by atoms with van der Waals surface area (Å²) in [6.07, 6.45) is 0.177. The van der Waals surface area contributed by atoms with Gasteiger partial charge in [-0.25, -0.2) is 4.98 Å². The fourth-order valence-electron chi connectivity index (χ4n) is 2.75. The van der Waals surface area contributed by atoms with Crippen molar-refractivity contribution in [2.75, 3.05) is 7.11 Å². The Labute approximate surface area is 151 Å². The van der Waals surface area contributed by atoms with Crippen molar-refractivity contribution < 1.29 is 14.3 Å². The van der Waals surface area contributed by atoms with Gasteiger partial charge in [0.05, 0.1) is 31.0 Å². The number of benzene rings is 2. The van der Waals surface area contributed by atoms with E-state index < -0.39 is 0 Å². The zero-order chi connectivity index (χ0) is 18.5. The van der Waals surface area contributed by atoms with Crippen molar-refractivity contribution in [2.45, 2.75) is 12.8 Å². The SMILES string of the molecule is COc1ccccc1CC(=O)NNC(=O)Cc1nc2ccccc2n1C. The number of hydrogen-bond acceptors (Lipinski definition) is 4. The van der Waals surface area contributed by atoms with Gasteiger partial charge in [0.2, 0.25) is 11.8 Å². The molecule has 26 heavy (non-hydrogen) atoms. The molecule has 2 amide bonds. The molecule has 0 fully saturated rings. The van der Waals surface area contributed by atoms with Crippen LogP contribution in [0.3, 0.4) is 0 Å². The highest BCUT2D eigenvalue weighted by Crippen LogP contribution is 2.17. The highest BCUT2D eigenvalue weighted by atomic mass is 16.5. The number of carbonyl (C=O) groups excluding carboxylic acids is 2. The van der Waals surface area contributed by atoms with Crippen LogP contribution in [0, 0.1) is 0 Å². The van der Waals surface area contributed by atoms with Crippen LogP contribution >= 0.6 is 0 Å². The van der Waals surface area contributed by atoms with Gasteiger partial charge in [0, 0.05) is 12.6 Å². The molecule has 0 saturated heterocycles. The van der Waals surface area contributed by atoms with Crippen LogP contribution in [0.2, 0.25) is 0 Å². The molecule has 0 radical (unpaired) electrons. The Hall–Kier alpha value is -3.35. The van der Waals surface area contributed by atoms with Gasteiger partial charge < -0.3 is 9.30 Å². The maximum absolute atomic E-state index is 12.1. The fourth-order valence-corrected chi connectivity index (χ4v) is 2.75. The van der Waals surface area contributed by atoms with E-state index in [1.54, 1.807) is 19.2 Å². The molecule has 2 aromatic carbocycles. The Morgan fingerprint density at radius 1 is 1.00 bits per heavy atom. The Bertz CT molecular complexity index is 949. The molecule has 3 rings (SSSR count). The van der Waals surface area contributed by atoms with Crippen molar-refractivity contribution in [3.63, 3.8) is 0 Å². The second-order valence-electron chi connectivity index (χ2n) is 5.84. The molecule has 134 valence electrons. The summed E-state index contributed by atoms with van der Waals surface area (Å²) >= 11 is 0. The summed E-state index contributed by atoms with van der Waals surface area (Å²) in [7, 11) is 3.41. The molecule has 7 nitrogen and oxygen atoms in total. The molecule has 0 bridgehead atoms. The highest BCUT2D eigenvalue weighted by Gasteiger charge is 2.13. The number of ether oxygens (including phenoxy) is 1. The summed E-state index contributed by atoms with van der Waals surface area (Å²) in [6.45, 7) is 0. The molecule has 2 N–H and O–H groups in total. The van der Waals surface area contributed by atoms with E-state index in [9.17, 15) is 9.59 Å². The summed E-state index contributed by atoms with van der Waals surface area (Å²) in [5.74, 6) is 0.598. The van der Waals surface area contributed by atoms with Gasteiger partial charge in [0.15, 0.2) is 0 Å². The van der Waals surface area contributed by atoms with E-state index in [0.29, 0.717) is 11.6 Å². The average Bonchev–Trinajstić information content (AvgIpc) is 2.96. The van der Waals surface area contributed by atoms with E-state index >= 15 is 0 Å². The molecule has 0 unspecified atom stereocenters. The first-order valence-electron chi connectivity index (χ1n) is 8.18. The minimum absolute atomic E-state index is 0.0696. The molecule has 0 spiro atoms. The van der Waals surface area contributed by atoms with Gasteiger partial charge in [-0.2, -0.15) is 0 Å². The molecule has 1 heterocycles. The van der Waals surface area contributed by atoms with Gasteiger partial charge in [-0.05, 0) is 18.2 Å². The van der Waals surface area contributed by atoms with E-state index in [1.165, 1.54) is 0 Å². The van der Waals surface area contributed by atoms with E-state index in [4.69, 9.17) is 4.74 Å². The number of aromatic nitrogens is 2. The number of nitrogens with one attached hydrogen (secondary N) is 2. The van der Waals surface area contributed by atoms with Crippen molar-refractivity contribution in [2.24, 2.45) is 7.05 Å². The maximum Gasteiger partial charge on any atom is 0.245 e. The maximum atomic E-state index is 12.1. The Kier molecular flexibility index (Phi) is 5.17. The van der Waals surface area contributed by atoms with Gasteiger partial charge in [0.25, 0.3) is 0 Å². The lowest BCUT2D eigenvalue weighted by atomic mass is 10.1. The van der Waals surface area contributed by atoms with Crippen LogP contribution < -0.4 is 15.6 Å². The van der Waals surface area contributed by atoms with Crippen LogP contribution in [-0.2, 0) is 29.5 Å². The van der Waals surface area contributed by atoms with Crippen molar-refractivity contribution >= 4 is 22.8 Å². The zero-order valence-corrected chi connectivity index (χ0v) is 14.7. The number of carbonyl (C=O) groups is 2. The standard InChI is InChI=1S/C19H20N4O3/c1-23-15-9-5-4-8-14(15)20-17(23)12-19(25)22-21-18(24)11-13-7-3-6-10-16(13)26-2/h3-10H,11-12H2,1-2H3,(H,21,24)(H,22,25). The van der Waals surface area contributed by atoms with Crippen molar-refractivity contribution in [1.29, 1.82) is 0 Å². The molecule has 1 aromatic heterocycles. The number of hydrogen-bond donors (Lipinski definition) is 2. The molecule has 7 heteroatoms. The van der Waals surface area contributed by atoms with Crippen molar-refractivity contribution in [3.8, 4) is 5.75 Å². The number of methoxy groups -OCH3 is 1. The number of fused-ring (bicyclic) bond motifs is 1. The van der Waals surface area contributed by atoms with Crippen LogP contribution in [0.5, 0.6) is 5.75 Å². The van der Waals surface area contributed by atoms with Gasteiger partial charge >= 0.3 is 0 Å². The number of aryl methyl sites for hydroxylation is 1. The molecule has 0 saturated carbocycles. The second kappa shape index (κ2) is 7.69. The van der Waals surface area contributed by atoms with Gasteiger partial charge in [-0.15, -0.1) is 0 Å². The topological polar surface area (TPSA) is 85.2 Å². The summed E-state index contributed by atoms with van der Waals surface area (Å²) in [4.78, 5) is 28.6. The molecule has 0 atom stereocenters. The smallest absolute Gasteiger partial charge is 0.245 e. The third-order valence-electron chi connectivity index (χ3n) is 4.08. The highest BCUT2D eigenvalue weighted by molar-refractivity contribution is 5.85. The fraction of sp³-hybridized carbons (Fsp3) is 0.211. The number of rotatable bonds is 5. The summed E-state index contributed by atoms with van der Waals surface area (Å²) in [6, 6.07) is 14.9. The molecule has 0 aliphatic rings. The Morgan fingerprint density at radius 2 is 1.65 bits per heavy atom. The third-order valence-corrected chi connectivity index (χ3v) is 4.08. The second-order valence-corrected chi connectivity index (χ2v) is 5.84. The van der Waals surface area contributed by atoms with Crippen molar-refractivity contribution in [1.82, 2.24) is 20.4 Å². The molecule has 0 aliphatic heterocycles.